The zero-order valence-electron chi connectivity index (χ0n) is 12.1. The fourth-order valence-corrected chi connectivity index (χ4v) is 1.78. The van der Waals surface area contributed by atoms with Crippen LogP contribution >= 0.6 is 11.6 Å². The van der Waals surface area contributed by atoms with Gasteiger partial charge >= 0.3 is 6.09 Å². The van der Waals surface area contributed by atoms with Crippen molar-refractivity contribution in [3.8, 4) is 0 Å². The molecule has 0 bridgehead atoms. The van der Waals surface area contributed by atoms with Crippen molar-refractivity contribution >= 4 is 17.7 Å². The van der Waals surface area contributed by atoms with Gasteiger partial charge < -0.3 is 15.2 Å². The summed E-state index contributed by atoms with van der Waals surface area (Å²) in [6, 6.07) is 7.10. The predicted molar refractivity (Wildman–Crippen MR) is 79.9 cm³/mol. The molecule has 0 spiro atoms. The molecule has 0 radical (unpaired) electrons. The molecule has 1 amide bonds. The number of benzene rings is 1. The third-order valence-electron chi connectivity index (χ3n) is 2.58. The van der Waals surface area contributed by atoms with Gasteiger partial charge in [-0.3, -0.25) is 0 Å². The van der Waals surface area contributed by atoms with Gasteiger partial charge in [-0.05, 0) is 51.3 Å². The molecule has 0 aliphatic rings. The Morgan fingerprint density at radius 1 is 1.35 bits per heavy atom. The van der Waals surface area contributed by atoms with Crippen LogP contribution in [0.25, 0.3) is 0 Å². The van der Waals surface area contributed by atoms with E-state index in [-0.39, 0.29) is 0 Å². The monoisotopic (exact) mass is 299 g/mol. The number of ether oxygens (including phenoxy) is 1. The van der Waals surface area contributed by atoms with Crippen LogP contribution in [0, 0.1) is 0 Å². The van der Waals surface area contributed by atoms with Gasteiger partial charge in [0.2, 0.25) is 0 Å². The molecule has 0 aliphatic heterocycles. The maximum absolute atomic E-state index is 11.4. The molecule has 0 aliphatic carbocycles. The van der Waals surface area contributed by atoms with E-state index >= 15 is 0 Å². The van der Waals surface area contributed by atoms with Gasteiger partial charge in [-0.2, -0.15) is 0 Å². The highest BCUT2D eigenvalue weighted by Gasteiger charge is 2.15. The number of halogens is 1. The van der Waals surface area contributed by atoms with E-state index in [1.165, 1.54) is 0 Å². The highest BCUT2D eigenvalue weighted by atomic mass is 35.5. The fourth-order valence-electron chi connectivity index (χ4n) is 1.65. The molecule has 0 saturated carbocycles. The second-order valence-corrected chi connectivity index (χ2v) is 6.07. The van der Waals surface area contributed by atoms with E-state index in [4.69, 9.17) is 16.3 Å². The topological polar surface area (TPSA) is 58.6 Å². The fraction of sp³-hybridized carbons (Fsp3) is 0.533. The van der Waals surface area contributed by atoms with Crippen molar-refractivity contribution in [2.75, 3.05) is 6.54 Å². The molecule has 1 aromatic rings. The first-order valence-electron chi connectivity index (χ1n) is 6.68. The summed E-state index contributed by atoms with van der Waals surface area (Å²) >= 11 is 5.79. The van der Waals surface area contributed by atoms with E-state index in [1.807, 2.05) is 20.8 Å². The van der Waals surface area contributed by atoms with Crippen molar-refractivity contribution < 1.29 is 14.6 Å². The lowest BCUT2D eigenvalue weighted by atomic mass is 10.1. The van der Waals surface area contributed by atoms with Gasteiger partial charge in [0, 0.05) is 11.6 Å². The molecule has 2 N–H and O–H groups in total. The first kappa shape index (κ1) is 16.8. The molecule has 1 aromatic carbocycles. The van der Waals surface area contributed by atoms with E-state index in [9.17, 15) is 9.90 Å². The summed E-state index contributed by atoms with van der Waals surface area (Å²) in [7, 11) is 0. The van der Waals surface area contributed by atoms with Crippen LogP contribution in [0.1, 0.15) is 45.3 Å². The molecule has 0 saturated heterocycles. The normalized spacial score (nSPS) is 12.8. The standard InChI is InChI=1S/C15H22ClNO3/c1-15(2,3)20-14(19)17-10-4-5-13(18)11-6-8-12(16)9-7-11/h6-9,13,18H,4-5,10H2,1-3H3,(H,17,19)/t13-/m1/s1. The molecular formula is C15H22ClNO3. The molecule has 1 rings (SSSR count). The third-order valence-corrected chi connectivity index (χ3v) is 2.83. The van der Waals surface area contributed by atoms with Crippen molar-refractivity contribution in [1.29, 1.82) is 0 Å². The number of carbonyl (C=O) groups excluding carboxylic acids is 1. The van der Waals surface area contributed by atoms with E-state index < -0.39 is 17.8 Å². The minimum absolute atomic E-state index is 0.432. The Morgan fingerprint density at radius 2 is 1.95 bits per heavy atom. The van der Waals surface area contributed by atoms with E-state index in [1.54, 1.807) is 24.3 Å². The number of aliphatic hydroxyl groups excluding tert-OH is 1. The van der Waals surface area contributed by atoms with Gasteiger partial charge in [-0.25, -0.2) is 4.79 Å². The van der Waals surface area contributed by atoms with Crippen molar-refractivity contribution in [2.24, 2.45) is 0 Å². The number of nitrogens with one attached hydrogen (secondary N) is 1. The first-order chi connectivity index (χ1) is 9.28. The molecule has 0 fully saturated rings. The molecule has 0 unspecified atom stereocenters. The van der Waals surface area contributed by atoms with Crippen LogP contribution in [-0.4, -0.2) is 23.3 Å². The summed E-state index contributed by atoms with van der Waals surface area (Å²) in [5.74, 6) is 0. The van der Waals surface area contributed by atoms with Gasteiger partial charge in [0.25, 0.3) is 0 Å². The van der Waals surface area contributed by atoms with Crippen LogP contribution in [0.5, 0.6) is 0 Å². The molecule has 0 heterocycles. The number of rotatable bonds is 5. The van der Waals surface area contributed by atoms with Crippen molar-refractivity contribution in [1.82, 2.24) is 5.32 Å². The number of hydrogen-bond donors (Lipinski definition) is 2. The number of aliphatic hydroxyl groups is 1. The molecule has 5 heteroatoms. The summed E-state index contributed by atoms with van der Waals surface area (Å²) < 4.78 is 5.12. The Kier molecular flexibility index (Phi) is 6.30. The number of hydrogen-bond acceptors (Lipinski definition) is 3. The molecule has 0 aromatic heterocycles. The summed E-state index contributed by atoms with van der Waals surface area (Å²) in [6.07, 6.45) is 0.256. The molecular weight excluding hydrogens is 278 g/mol. The van der Waals surface area contributed by atoms with Crippen LogP contribution in [0.4, 0.5) is 4.79 Å². The quantitative estimate of drug-likeness (QED) is 0.815. The first-order valence-corrected chi connectivity index (χ1v) is 7.06. The van der Waals surface area contributed by atoms with Crippen molar-refractivity contribution in [2.45, 2.75) is 45.3 Å². The summed E-state index contributed by atoms with van der Waals surface area (Å²) in [5, 5.41) is 13.3. The lowest BCUT2D eigenvalue weighted by molar-refractivity contribution is 0.0523. The number of carbonyl (C=O) groups is 1. The van der Waals surface area contributed by atoms with Crippen LogP contribution < -0.4 is 5.32 Å². The molecule has 112 valence electrons. The van der Waals surface area contributed by atoms with E-state index in [2.05, 4.69) is 5.32 Å². The van der Waals surface area contributed by atoms with E-state index in [0.717, 1.165) is 5.56 Å². The maximum atomic E-state index is 11.4. The Bertz CT molecular complexity index is 426. The summed E-state index contributed by atoms with van der Waals surface area (Å²) in [4.78, 5) is 11.4. The van der Waals surface area contributed by atoms with Crippen LogP contribution in [-0.2, 0) is 4.74 Å². The van der Waals surface area contributed by atoms with Gasteiger partial charge in [-0.1, -0.05) is 23.7 Å². The minimum Gasteiger partial charge on any atom is -0.444 e. The molecule has 1 atom stereocenters. The van der Waals surface area contributed by atoms with Crippen molar-refractivity contribution in [3.05, 3.63) is 34.9 Å². The lowest BCUT2D eigenvalue weighted by Gasteiger charge is -2.19. The van der Waals surface area contributed by atoms with E-state index in [0.29, 0.717) is 24.4 Å². The van der Waals surface area contributed by atoms with Crippen LogP contribution in [0.15, 0.2) is 24.3 Å². The summed E-state index contributed by atoms with van der Waals surface area (Å²) in [5.41, 5.74) is 0.332. The largest absolute Gasteiger partial charge is 0.444 e. The van der Waals surface area contributed by atoms with Gasteiger partial charge in [0.1, 0.15) is 5.60 Å². The SMILES string of the molecule is CC(C)(C)OC(=O)NCCC[C@@H](O)c1ccc(Cl)cc1. The highest BCUT2D eigenvalue weighted by molar-refractivity contribution is 6.30. The average molecular weight is 300 g/mol. The van der Waals surface area contributed by atoms with Gasteiger partial charge in [-0.15, -0.1) is 0 Å². The zero-order chi connectivity index (χ0) is 15.2. The minimum atomic E-state index is -0.548. The maximum Gasteiger partial charge on any atom is 0.407 e. The average Bonchev–Trinajstić information content (AvgIpc) is 2.33. The second-order valence-electron chi connectivity index (χ2n) is 5.64. The lowest BCUT2D eigenvalue weighted by Crippen LogP contribution is -2.33. The third kappa shape index (κ3) is 6.78. The van der Waals surface area contributed by atoms with Crippen molar-refractivity contribution in [3.63, 3.8) is 0 Å². The Balaban J connectivity index is 2.24. The Morgan fingerprint density at radius 3 is 2.50 bits per heavy atom. The summed E-state index contributed by atoms with van der Waals surface area (Å²) in [6.45, 7) is 5.92. The number of alkyl carbamates (subject to hydrolysis) is 1. The van der Waals surface area contributed by atoms with Crippen LogP contribution in [0.2, 0.25) is 5.02 Å². The predicted octanol–water partition coefficient (Wildman–Crippen LogP) is 3.68. The smallest absolute Gasteiger partial charge is 0.407 e. The number of amides is 1. The second kappa shape index (κ2) is 7.50. The molecule has 4 nitrogen and oxygen atoms in total. The molecule has 20 heavy (non-hydrogen) atoms. The Labute approximate surface area is 125 Å². The van der Waals surface area contributed by atoms with Gasteiger partial charge in [0.15, 0.2) is 0 Å². The zero-order valence-corrected chi connectivity index (χ0v) is 12.9. The Hall–Kier alpha value is -1.26. The highest BCUT2D eigenvalue weighted by Crippen LogP contribution is 2.20. The van der Waals surface area contributed by atoms with Gasteiger partial charge in [0.05, 0.1) is 6.10 Å². The van der Waals surface area contributed by atoms with Crippen LogP contribution in [0.3, 0.4) is 0 Å².